The maximum atomic E-state index is 12.8. The highest BCUT2D eigenvalue weighted by atomic mass is 16.6. The molecule has 0 aromatic carbocycles. The van der Waals surface area contributed by atoms with Crippen molar-refractivity contribution in [2.45, 2.75) is 76.3 Å². The first-order chi connectivity index (χ1) is 14.1. The molecule has 0 radical (unpaired) electrons. The Morgan fingerprint density at radius 2 is 1.93 bits per heavy atom. The highest BCUT2D eigenvalue weighted by Gasteiger charge is 2.68. The average molecular weight is 423 g/mol. The smallest absolute Gasteiger partial charge is 0.335 e. The van der Waals surface area contributed by atoms with Gasteiger partial charge in [-0.3, -0.25) is 0 Å². The van der Waals surface area contributed by atoms with Crippen LogP contribution in [0.2, 0.25) is 0 Å². The Bertz CT molecular complexity index is 746. The lowest BCUT2D eigenvalue weighted by molar-refractivity contribution is -0.172. The van der Waals surface area contributed by atoms with Crippen LogP contribution in [0.3, 0.4) is 0 Å². The SMILES string of the molecule is CO[C@H]1C[C@H]2C=C[C@H]3[C@H]4O[C@]2(/C(C)=C\[C@@H](C)[C@@H]([C@@H](C)O)OC1=O)[C@@H]3[C@H](O)[C@@H](C)[C@H]4O. The molecule has 3 N–H and O–H groups in total. The van der Waals surface area contributed by atoms with E-state index in [4.69, 9.17) is 14.2 Å². The molecule has 1 saturated carbocycles. The van der Waals surface area contributed by atoms with Gasteiger partial charge in [-0.1, -0.05) is 32.1 Å². The van der Waals surface area contributed by atoms with Crippen molar-refractivity contribution >= 4 is 5.97 Å². The predicted molar refractivity (Wildman–Crippen MR) is 108 cm³/mol. The Morgan fingerprint density at radius 3 is 2.57 bits per heavy atom. The zero-order valence-electron chi connectivity index (χ0n) is 18.3. The van der Waals surface area contributed by atoms with Gasteiger partial charge in [0.25, 0.3) is 0 Å². The van der Waals surface area contributed by atoms with Crippen molar-refractivity contribution < 1.29 is 34.3 Å². The molecule has 2 aliphatic carbocycles. The van der Waals surface area contributed by atoms with E-state index in [1.165, 1.54) is 7.11 Å². The number of carbonyl (C=O) groups excluding carboxylic acids is 1. The molecule has 0 unspecified atom stereocenters. The van der Waals surface area contributed by atoms with E-state index in [0.29, 0.717) is 6.42 Å². The molecule has 2 fully saturated rings. The highest BCUT2D eigenvalue weighted by molar-refractivity contribution is 5.75. The Hall–Kier alpha value is -1.25. The Morgan fingerprint density at radius 1 is 1.23 bits per heavy atom. The number of methoxy groups -OCH3 is 1. The van der Waals surface area contributed by atoms with Crippen LogP contribution in [0.1, 0.15) is 34.1 Å². The first kappa shape index (κ1) is 22.0. The number of aliphatic hydroxyl groups is 3. The molecule has 2 aliphatic heterocycles. The Kier molecular flexibility index (Phi) is 5.64. The molecule has 0 aromatic rings. The Balaban J connectivity index is 1.86. The van der Waals surface area contributed by atoms with Gasteiger partial charge in [0.1, 0.15) is 11.7 Å². The van der Waals surface area contributed by atoms with Crippen molar-refractivity contribution in [3.63, 3.8) is 0 Å². The molecule has 1 spiro atoms. The van der Waals surface area contributed by atoms with Gasteiger partial charge in [0, 0.05) is 36.7 Å². The van der Waals surface area contributed by atoms with Gasteiger partial charge in [0.2, 0.25) is 0 Å². The molecule has 0 amide bonds. The summed E-state index contributed by atoms with van der Waals surface area (Å²) in [4.78, 5) is 12.8. The second-order valence-corrected chi connectivity index (χ2v) is 9.62. The molecule has 7 heteroatoms. The molecular weight excluding hydrogens is 388 g/mol. The van der Waals surface area contributed by atoms with Crippen LogP contribution >= 0.6 is 0 Å². The van der Waals surface area contributed by atoms with E-state index in [-0.39, 0.29) is 29.6 Å². The predicted octanol–water partition coefficient (Wildman–Crippen LogP) is 1.21. The van der Waals surface area contributed by atoms with Gasteiger partial charge in [-0.2, -0.15) is 0 Å². The lowest BCUT2D eigenvalue weighted by Gasteiger charge is -2.48. The standard InChI is InChI=1S/C23H34O7/c1-10-8-11(2)23-14(9-16(28-5)22(27)29-20(10)13(4)24)6-7-15-17(23)18(25)12(3)19(26)21(15)30-23/h6-8,10,12-21,24-26H,9H2,1-5H3/b11-8-/t10-,12-,13-,14-,15-,16+,17+,18-,19-,20+,21-,23+/m1/s1. The second-order valence-electron chi connectivity index (χ2n) is 9.62. The Labute approximate surface area is 177 Å². The summed E-state index contributed by atoms with van der Waals surface area (Å²) in [5, 5.41) is 32.3. The molecule has 12 atom stereocenters. The van der Waals surface area contributed by atoms with Crippen molar-refractivity contribution in [3.05, 3.63) is 23.8 Å². The number of rotatable bonds is 2. The minimum absolute atomic E-state index is 0.0930. The number of aliphatic hydroxyl groups excluding tert-OH is 3. The van der Waals surface area contributed by atoms with E-state index in [1.54, 1.807) is 6.92 Å². The summed E-state index contributed by atoms with van der Waals surface area (Å²) < 4.78 is 17.8. The molecule has 7 nitrogen and oxygen atoms in total. The molecule has 2 heterocycles. The summed E-state index contributed by atoms with van der Waals surface area (Å²) in [5.74, 6) is -1.63. The van der Waals surface area contributed by atoms with E-state index in [0.717, 1.165) is 5.57 Å². The lowest BCUT2D eigenvalue weighted by atomic mass is 9.57. The summed E-state index contributed by atoms with van der Waals surface area (Å²) in [6.45, 7) is 7.34. The van der Waals surface area contributed by atoms with Crippen LogP contribution in [0.25, 0.3) is 0 Å². The number of ether oxygens (including phenoxy) is 3. The molecule has 1 saturated heterocycles. The third-order valence-corrected chi connectivity index (χ3v) is 7.91. The van der Waals surface area contributed by atoms with Crippen LogP contribution in [0.4, 0.5) is 0 Å². The molecule has 168 valence electrons. The zero-order valence-corrected chi connectivity index (χ0v) is 18.3. The first-order valence-electron chi connectivity index (χ1n) is 11.0. The quantitative estimate of drug-likeness (QED) is 0.454. The molecule has 0 aromatic heterocycles. The van der Waals surface area contributed by atoms with Crippen molar-refractivity contribution in [2.24, 2.45) is 29.6 Å². The maximum absolute atomic E-state index is 12.8. The van der Waals surface area contributed by atoms with Gasteiger partial charge in [0.05, 0.1) is 24.4 Å². The summed E-state index contributed by atoms with van der Waals surface area (Å²) in [5.41, 5.74) is 0.0851. The van der Waals surface area contributed by atoms with Gasteiger partial charge < -0.3 is 29.5 Å². The van der Waals surface area contributed by atoms with E-state index in [1.807, 2.05) is 39.0 Å². The fraction of sp³-hybridized carbons (Fsp3) is 0.783. The van der Waals surface area contributed by atoms with Crippen LogP contribution < -0.4 is 0 Å². The fourth-order valence-corrected chi connectivity index (χ4v) is 6.34. The fourth-order valence-electron chi connectivity index (χ4n) is 6.34. The summed E-state index contributed by atoms with van der Waals surface area (Å²) in [6, 6.07) is 0. The van der Waals surface area contributed by atoms with Gasteiger partial charge in [-0.15, -0.1) is 0 Å². The molecule has 4 rings (SSSR count). The third kappa shape index (κ3) is 3.01. The van der Waals surface area contributed by atoms with Crippen LogP contribution in [-0.2, 0) is 19.0 Å². The number of carbonyl (C=O) groups is 1. The van der Waals surface area contributed by atoms with E-state index < -0.39 is 48.2 Å². The molecule has 30 heavy (non-hydrogen) atoms. The minimum Gasteiger partial charge on any atom is -0.457 e. The van der Waals surface area contributed by atoms with Crippen LogP contribution in [0.15, 0.2) is 23.8 Å². The summed E-state index contributed by atoms with van der Waals surface area (Å²) in [6.07, 6.45) is 2.09. The number of esters is 1. The van der Waals surface area contributed by atoms with Crippen LogP contribution in [0.5, 0.6) is 0 Å². The molecule has 4 bridgehead atoms. The summed E-state index contributed by atoms with van der Waals surface area (Å²) >= 11 is 0. The van der Waals surface area contributed by atoms with Gasteiger partial charge in [-0.05, 0) is 25.8 Å². The largest absolute Gasteiger partial charge is 0.457 e. The van der Waals surface area contributed by atoms with Crippen molar-refractivity contribution in [1.82, 2.24) is 0 Å². The average Bonchev–Trinajstić information content (AvgIpc) is 2.91. The van der Waals surface area contributed by atoms with Gasteiger partial charge >= 0.3 is 5.97 Å². The number of cyclic esters (lactones) is 1. The minimum atomic E-state index is -0.853. The van der Waals surface area contributed by atoms with E-state index in [9.17, 15) is 20.1 Å². The normalized spacial score (nSPS) is 53.3. The summed E-state index contributed by atoms with van der Waals surface area (Å²) in [7, 11) is 1.47. The zero-order chi connectivity index (χ0) is 22.0. The maximum Gasteiger partial charge on any atom is 0.335 e. The van der Waals surface area contributed by atoms with Crippen LogP contribution in [0, 0.1) is 29.6 Å². The van der Waals surface area contributed by atoms with Gasteiger partial charge in [-0.25, -0.2) is 4.79 Å². The third-order valence-electron chi connectivity index (χ3n) is 7.91. The van der Waals surface area contributed by atoms with Crippen molar-refractivity contribution in [2.75, 3.05) is 7.11 Å². The number of hydrogen-bond donors (Lipinski definition) is 3. The van der Waals surface area contributed by atoms with Gasteiger partial charge in [0.15, 0.2) is 6.10 Å². The van der Waals surface area contributed by atoms with Crippen molar-refractivity contribution in [3.8, 4) is 0 Å². The lowest BCUT2D eigenvalue weighted by Crippen LogP contribution is -2.56. The van der Waals surface area contributed by atoms with Crippen LogP contribution in [-0.4, -0.2) is 70.6 Å². The first-order valence-corrected chi connectivity index (χ1v) is 11.0. The second kappa shape index (κ2) is 7.71. The topological polar surface area (TPSA) is 105 Å². The van der Waals surface area contributed by atoms with E-state index in [2.05, 4.69) is 0 Å². The van der Waals surface area contributed by atoms with Crippen molar-refractivity contribution in [1.29, 1.82) is 0 Å². The number of hydrogen-bond acceptors (Lipinski definition) is 7. The highest BCUT2D eigenvalue weighted by Crippen LogP contribution is 2.60. The monoisotopic (exact) mass is 422 g/mol. The molecule has 4 aliphatic rings. The van der Waals surface area contributed by atoms with E-state index >= 15 is 0 Å². The molecular formula is C23H34O7.